The topological polar surface area (TPSA) is 29.5 Å². The Morgan fingerprint density at radius 2 is 1.48 bits per heavy atom. The highest BCUT2D eigenvalue weighted by Gasteiger charge is 2.26. The Labute approximate surface area is 129 Å². The fourth-order valence-corrected chi connectivity index (χ4v) is 2.72. The zero-order valence-electron chi connectivity index (χ0n) is 14.4. The molecule has 0 spiro atoms. The number of rotatable bonds is 1. The standard InChI is InChI=1S/C19H30O2/c1-18(2,3)14-9-13(10-15(11-14)19(4,5)6)17-12-16(20)7-8-21-17/h9-11,16-17,20H,7-8,12H2,1-6H3. The maximum absolute atomic E-state index is 9.92. The van der Waals surface area contributed by atoms with Crippen LogP contribution >= 0.6 is 0 Å². The minimum Gasteiger partial charge on any atom is -0.393 e. The largest absolute Gasteiger partial charge is 0.393 e. The van der Waals surface area contributed by atoms with Gasteiger partial charge in [0.2, 0.25) is 0 Å². The van der Waals surface area contributed by atoms with E-state index in [1.54, 1.807) is 0 Å². The van der Waals surface area contributed by atoms with Gasteiger partial charge < -0.3 is 9.84 Å². The second kappa shape index (κ2) is 5.73. The van der Waals surface area contributed by atoms with Crippen molar-refractivity contribution < 1.29 is 9.84 Å². The van der Waals surface area contributed by atoms with Crippen molar-refractivity contribution in [3.63, 3.8) is 0 Å². The van der Waals surface area contributed by atoms with Crippen molar-refractivity contribution in [2.75, 3.05) is 6.61 Å². The molecule has 1 heterocycles. The lowest BCUT2D eigenvalue weighted by Gasteiger charge is -2.31. The van der Waals surface area contributed by atoms with E-state index in [-0.39, 0.29) is 23.0 Å². The molecule has 1 N–H and O–H groups in total. The van der Waals surface area contributed by atoms with Crippen molar-refractivity contribution in [2.45, 2.75) is 77.4 Å². The molecule has 1 saturated heterocycles. The quantitative estimate of drug-likeness (QED) is 0.825. The first-order chi connectivity index (χ1) is 9.57. The molecule has 1 aromatic carbocycles. The van der Waals surface area contributed by atoms with Crippen molar-refractivity contribution in [3.8, 4) is 0 Å². The molecule has 0 radical (unpaired) electrons. The minimum absolute atomic E-state index is 0.0251. The molecule has 118 valence electrons. The molecule has 1 fully saturated rings. The molecule has 2 nitrogen and oxygen atoms in total. The second-order valence-electron chi connectivity index (χ2n) is 8.38. The lowest BCUT2D eigenvalue weighted by molar-refractivity contribution is -0.0448. The lowest BCUT2D eigenvalue weighted by Crippen LogP contribution is -2.24. The van der Waals surface area contributed by atoms with E-state index in [0.717, 1.165) is 6.42 Å². The molecule has 0 saturated carbocycles. The van der Waals surface area contributed by atoms with E-state index in [1.165, 1.54) is 16.7 Å². The van der Waals surface area contributed by atoms with E-state index in [2.05, 4.69) is 59.7 Å². The molecule has 2 heteroatoms. The van der Waals surface area contributed by atoms with E-state index in [4.69, 9.17) is 4.74 Å². The number of benzene rings is 1. The first-order valence-electron chi connectivity index (χ1n) is 8.03. The predicted octanol–water partition coefficient (Wildman–Crippen LogP) is 4.49. The molecule has 0 aliphatic carbocycles. The Hall–Kier alpha value is -0.860. The SMILES string of the molecule is CC(C)(C)c1cc(C2CC(O)CCO2)cc(C(C)(C)C)c1. The van der Waals surface area contributed by atoms with Crippen molar-refractivity contribution in [3.05, 3.63) is 34.9 Å². The van der Waals surface area contributed by atoms with Crippen LogP contribution in [0.15, 0.2) is 18.2 Å². The summed E-state index contributed by atoms with van der Waals surface area (Å²) in [7, 11) is 0. The molecule has 1 aromatic rings. The molecular weight excluding hydrogens is 260 g/mol. The molecule has 1 aliphatic heterocycles. The van der Waals surface area contributed by atoms with Gasteiger partial charge in [0.25, 0.3) is 0 Å². The average molecular weight is 290 g/mol. The van der Waals surface area contributed by atoms with Crippen LogP contribution in [-0.4, -0.2) is 17.8 Å². The summed E-state index contributed by atoms with van der Waals surface area (Å²) >= 11 is 0. The summed E-state index contributed by atoms with van der Waals surface area (Å²) in [5.41, 5.74) is 4.13. The van der Waals surface area contributed by atoms with Crippen molar-refractivity contribution >= 4 is 0 Å². The Kier molecular flexibility index (Phi) is 4.51. The first kappa shape index (κ1) is 16.5. The second-order valence-corrected chi connectivity index (χ2v) is 8.38. The van der Waals surface area contributed by atoms with Crippen molar-refractivity contribution in [1.29, 1.82) is 0 Å². The summed E-state index contributed by atoms with van der Waals surface area (Å²) in [4.78, 5) is 0. The van der Waals surface area contributed by atoms with Gasteiger partial charge in [-0.1, -0.05) is 59.7 Å². The van der Waals surface area contributed by atoms with Crippen molar-refractivity contribution in [2.24, 2.45) is 0 Å². The fourth-order valence-electron chi connectivity index (χ4n) is 2.72. The summed E-state index contributed by atoms with van der Waals surface area (Å²) in [5.74, 6) is 0. The van der Waals surface area contributed by atoms with Crippen LogP contribution in [0.3, 0.4) is 0 Å². The first-order valence-corrected chi connectivity index (χ1v) is 8.03. The zero-order valence-corrected chi connectivity index (χ0v) is 14.4. The Morgan fingerprint density at radius 3 is 1.90 bits per heavy atom. The molecule has 0 bridgehead atoms. The number of ether oxygens (including phenoxy) is 1. The van der Waals surface area contributed by atoms with Gasteiger partial charge in [-0.3, -0.25) is 0 Å². The number of hydrogen-bond donors (Lipinski definition) is 1. The Bertz CT molecular complexity index is 459. The maximum atomic E-state index is 9.92. The number of aliphatic hydroxyl groups is 1. The van der Waals surface area contributed by atoms with Crippen LogP contribution in [0.5, 0.6) is 0 Å². The van der Waals surface area contributed by atoms with E-state index >= 15 is 0 Å². The fraction of sp³-hybridized carbons (Fsp3) is 0.684. The summed E-state index contributed by atoms with van der Waals surface area (Å²) < 4.78 is 5.91. The Morgan fingerprint density at radius 1 is 0.952 bits per heavy atom. The smallest absolute Gasteiger partial charge is 0.0849 e. The third-order valence-corrected chi connectivity index (χ3v) is 4.32. The molecule has 2 rings (SSSR count). The molecule has 0 amide bonds. The summed E-state index contributed by atoms with van der Waals surface area (Å²) in [5, 5.41) is 9.92. The van der Waals surface area contributed by atoms with Crippen LogP contribution in [0.4, 0.5) is 0 Å². The van der Waals surface area contributed by atoms with Crippen molar-refractivity contribution in [1.82, 2.24) is 0 Å². The normalized spacial score (nSPS) is 24.1. The molecule has 21 heavy (non-hydrogen) atoms. The summed E-state index contributed by atoms with van der Waals surface area (Å²) in [6.07, 6.45) is 1.25. The number of aliphatic hydroxyl groups excluding tert-OH is 1. The highest BCUT2D eigenvalue weighted by Crippen LogP contribution is 2.35. The van der Waals surface area contributed by atoms with Gasteiger partial charge in [-0.25, -0.2) is 0 Å². The van der Waals surface area contributed by atoms with Crippen LogP contribution in [0.2, 0.25) is 0 Å². The van der Waals surface area contributed by atoms with Crippen LogP contribution in [0.25, 0.3) is 0 Å². The zero-order chi connectivity index (χ0) is 15.8. The van der Waals surface area contributed by atoms with Gasteiger partial charge in [-0.05, 0) is 33.9 Å². The predicted molar refractivity (Wildman–Crippen MR) is 87.8 cm³/mol. The molecule has 1 aliphatic rings. The average Bonchev–Trinajstić information content (AvgIpc) is 2.36. The van der Waals surface area contributed by atoms with Crippen LogP contribution in [0, 0.1) is 0 Å². The number of hydrogen-bond acceptors (Lipinski definition) is 2. The molecule has 2 atom stereocenters. The van der Waals surface area contributed by atoms with E-state index in [1.807, 2.05) is 0 Å². The van der Waals surface area contributed by atoms with E-state index in [9.17, 15) is 5.11 Å². The monoisotopic (exact) mass is 290 g/mol. The highest BCUT2D eigenvalue weighted by molar-refractivity contribution is 5.38. The van der Waals surface area contributed by atoms with Gasteiger partial charge in [0.1, 0.15) is 0 Å². The maximum Gasteiger partial charge on any atom is 0.0849 e. The van der Waals surface area contributed by atoms with Gasteiger partial charge >= 0.3 is 0 Å². The van der Waals surface area contributed by atoms with Crippen LogP contribution < -0.4 is 0 Å². The summed E-state index contributed by atoms with van der Waals surface area (Å²) in [6.45, 7) is 14.1. The van der Waals surface area contributed by atoms with E-state index < -0.39 is 0 Å². The molecular formula is C19H30O2. The van der Waals surface area contributed by atoms with Gasteiger partial charge in [0, 0.05) is 13.0 Å². The molecule has 0 aromatic heterocycles. The third kappa shape index (κ3) is 4.08. The van der Waals surface area contributed by atoms with Gasteiger partial charge in [0.15, 0.2) is 0 Å². The molecule has 2 unspecified atom stereocenters. The highest BCUT2D eigenvalue weighted by atomic mass is 16.5. The van der Waals surface area contributed by atoms with E-state index in [0.29, 0.717) is 13.0 Å². The van der Waals surface area contributed by atoms with Crippen LogP contribution in [0.1, 0.15) is 77.2 Å². The van der Waals surface area contributed by atoms with Gasteiger partial charge in [-0.2, -0.15) is 0 Å². The lowest BCUT2D eigenvalue weighted by atomic mass is 9.78. The minimum atomic E-state index is -0.236. The van der Waals surface area contributed by atoms with Crippen LogP contribution in [-0.2, 0) is 15.6 Å². The van der Waals surface area contributed by atoms with Gasteiger partial charge in [-0.15, -0.1) is 0 Å². The third-order valence-electron chi connectivity index (χ3n) is 4.32. The summed E-state index contributed by atoms with van der Waals surface area (Å²) in [6, 6.07) is 6.85. The van der Waals surface area contributed by atoms with Gasteiger partial charge in [0.05, 0.1) is 12.2 Å². The Balaban J connectivity index is 2.45.